The van der Waals surface area contributed by atoms with Gasteiger partial charge in [0.2, 0.25) is 0 Å². The Morgan fingerprint density at radius 1 is 0.889 bits per heavy atom. The highest BCUT2D eigenvalue weighted by molar-refractivity contribution is 6.31. The van der Waals surface area contributed by atoms with E-state index in [1.54, 1.807) is 24.3 Å². The van der Waals surface area contributed by atoms with E-state index in [4.69, 9.17) is 21.3 Å². The third kappa shape index (κ3) is 8.93. The second kappa shape index (κ2) is 17.6. The van der Waals surface area contributed by atoms with Gasteiger partial charge in [-0.25, -0.2) is 9.67 Å². The molecule has 4 heterocycles. The summed E-state index contributed by atoms with van der Waals surface area (Å²) in [5.41, 5.74) is 8.68. The van der Waals surface area contributed by atoms with Crippen LogP contribution in [0.5, 0.6) is 0 Å². The molecule has 12 heteroatoms. The van der Waals surface area contributed by atoms with Crippen molar-refractivity contribution in [2.45, 2.75) is 65.3 Å². The van der Waals surface area contributed by atoms with Gasteiger partial charge in [-0.15, -0.1) is 0 Å². The lowest BCUT2D eigenvalue weighted by molar-refractivity contribution is 0.0904. The van der Waals surface area contributed by atoms with Gasteiger partial charge in [0.15, 0.2) is 5.65 Å². The molecule has 2 aromatic heterocycles. The highest BCUT2D eigenvalue weighted by Gasteiger charge is 2.22. The number of aryl methyl sites for hydroxylation is 2. The summed E-state index contributed by atoms with van der Waals surface area (Å²) < 4.78 is 7.51. The van der Waals surface area contributed by atoms with Gasteiger partial charge in [0.1, 0.15) is 0 Å². The Balaban J connectivity index is 1.02. The van der Waals surface area contributed by atoms with Gasteiger partial charge < -0.3 is 26.0 Å². The lowest BCUT2D eigenvalue weighted by Crippen LogP contribution is -2.42. The van der Waals surface area contributed by atoms with Crippen LogP contribution in [0.2, 0.25) is 5.02 Å². The van der Waals surface area contributed by atoms with Crippen LogP contribution in [0, 0.1) is 0 Å². The van der Waals surface area contributed by atoms with E-state index in [0.717, 1.165) is 90.2 Å². The number of nitrogens with zero attached hydrogens (tertiary/aromatic N) is 4. The molecule has 7 rings (SSSR count). The molecule has 2 amide bonds. The first kappa shape index (κ1) is 37.5. The number of ether oxygens (including phenoxy) is 1. The zero-order valence-electron chi connectivity index (χ0n) is 31.1. The molecule has 2 fully saturated rings. The Kier molecular flexibility index (Phi) is 12.2. The van der Waals surface area contributed by atoms with Crippen LogP contribution in [-0.2, 0) is 37.3 Å². The number of amides is 2. The van der Waals surface area contributed by atoms with Crippen LogP contribution < -0.4 is 21.3 Å². The number of benzene rings is 3. The molecule has 0 saturated carbocycles. The predicted molar refractivity (Wildman–Crippen MR) is 214 cm³/mol. The molecule has 0 atom stereocenters. The van der Waals surface area contributed by atoms with Crippen molar-refractivity contribution < 1.29 is 14.3 Å². The molecular formula is C42H49ClN8O3. The maximum atomic E-state index is 13.6. The van der Waals surface area contributed by atoms with E-state index >= 15 is 0 Å². The Morgan fingerprint density at radius 3 is 2.35 bits per heavy atom. The molecule has 2 aliphatic rings. The highest BCUT2D eigenvalue weighted by atomic mass is 35.5. The summed E-state index contributed by atoms with van der Waals surface area (Å²) >= 11 is 6.58. The number of hydrogen-bond donors (Lipinski definition) is 4. The number of anilines is 1. The van der Waals surface area contributed by atoms with Crippen molar-refractivity contribution in [1.29, 1.82) is 0 Å². The lowest BCUT2D eigenvalue weighted by atomic mass is 10.0. The summed E-state index contributed by atoms with van der Waals surface area (Å²) in [6.07, 6.45) is 4.36. The number of carbonyl (C=O) groups is 2. The van der Waals surface area contributed by atoms with Crippen LogP contribution in [0.4, 0.5) is 5.69 Å². The van der Waals surface area contributed by atoms with Gasteiger partial charge in [-0.1, -0.05) is 42.8 Å². The average molecular weight is 749 g/mol. The van der Waals surface area contributed by atoms with Crippen LogP contribution in [0.25, 0.3) is 22.2 Å². The second-order valence-electron chi connectivity index (χ2n) is 14.0. The van der Waals surface area contributed by atoms with Crippen molar-refractivity contribution in [2.75, 3.05) is 44.7 Å². The zero-order valence-corrected chi connectivity index (χ0v) is 31.8. The molecule has 54 heavy (non-hydrogen) atoms. The quantitative estimate of drug-likeness (QED) is 0.112. The largest absolute Gasteiger partial charge is 0.381 e. The van der Waals surface area contributed by atoms with Crippen LogP contribution in [-0.4, -0.2) is 76.9 Å². The lowest BCUT2D eigenvalue weighted by Gasteiger charge is -2.27. The van der Waals surface area contributed by atoms with Gasteiger partial charge in [0.25, 0.3) is 11.8 Å². The minimum absolute atomic E-state index is 0.251. The van der Waals surface area contributed by atoms with Gasteiger partial charge >= 0.3 is 0 Å². The molecule has 282 valence electrons. The SMILES string of the molecule is CCc1nc2c(cnn2CC)c(NC2CCOCC2)c1CNC(=O)c1cccc(C(=O)NCc2cc(Cl)cc(-c3cccc(CN4CCNCC4)c3)c2)c1. The first-order valence-corrected chi connectivity index (χ1v) is 19.5. The molecule has 0 aliphatic carbocycles. The van der Waals surface area contributed by atoms with Crippen molar-refractivity contribution in [3.63, 3.8) is 0 Å². The molecule has 3 aromatic carbocycles. The molecule has 11 nitrogen and oxygen atoms in total. The number of piperazine rings is 1. The average Bonchev–Trinajstić information content (AvgIpc) is 3.63. The van der Waals surface area contributed by atoms with Gasteiger partial charge in [0, 0.05) is 99.0 Å². The number of nitrogens with one attached hydrogen (secondary N) is 4. The van der Waals surface area contributed by atoms with Crippen molar-refractivity contribution in [3.05, 3.63) is 111 Å². The van der Waals surface area contributed by atoms with Crippen molar-refractivity contribution in [3.8, 4) is 11.1 Å². The smallest absolute Gasteiger partial charge is 0.251 e. The molecule has 2 saturated heterocycles. The van der Waals surface area contributed by atoms with Gasteiger partial charge in [0.05, 0.1) is 17.3 Å². The minimum Gasteiger partial charge on any atom is -0.381 e. The van der Waals surface area contributed by atoms with Gasteiger partial charge in [-0.05, 0) is 90.9 Å². The third-order valence-corrected chi connectivity index (χ3v) is 10.5. The van der Waals surface area contributed by atoms with E-state index in [-0.39, 0.29) is 30.9 Å². The Hall–Kier alpha value is -4.81. The van der Waals surface area contributed by atoms with E-state index in [1.165, 1.54) is 5.56 Å². The molecule has 0 unspecified atom stereocenters. The second-order valence-corrected chi connectivity index (χ2v) is 14.5. The Bertz CT molecular complexity index is 2110. The van der Waals surface area contributed by atoms with Crippen LogP contribution in [0.15, 0.2) is 72.9 Å². The van der Waals surface area contributed by atoms with Crippen LogP contribution in [0.3, 0.4) is 0 Å². The first-order chi connectivity index (χ1) is 26.4. The Labute approximate surface area is 321 Å². The monoisotopic (exact) mass is 748 g/mol. The standard InChI is InChI=1S/C42H49ClN8O3/c1-3-38-36(39(48-35-11-17-54-18-12-35)37-26-47-51(4-2)40(37)49-38)25-46-42(53)32-10-6-9-31(22-32)41(52)45-24-29-20-33(23-34(43)21-29)30-8-5-7-28(19-30)27-50-15-13-44-14-16-50/h5-10,19-23,26,35,44H,3-4,11-18,24-25,27H2,1-2H3,(H,45,52)(H,46,53)(H,48,49). The molecule has 0 bridgehead atoms. The number of hydrogen-bond acceptors (Lipinski definition) is 8. The molecule has 2 aliphatic heterocycles. The molecule has 0 radical (unpaired) electrons. The third-order valence-electron chi connectivity index (χ3n) is 10.3. The predicted octanol–water partition coefficient (Wildman–Crippen LogP) is 6.19. The number of pyridine rings is 1. The molecule has 0 spiro atoms. The number of halogens is 1. The topological polar surface area (TPSA) is 125 Å². The van der Waals surface area contributed by atoms with Gasteiger partial charge in [-0.2, -0.15) is 5.10 Å². The van der Waals surface area contributed by atoms with E-state index in [2.05, 4.69) is 75.4 Å². The van der Waals surface area contributed by atoms with Crippen molar-refractivity contribution in [1.82, 2.24) is 35.6 Å². The first-order valence-electron chi connectivity index (χ1n) is 19.1. The zero-order chi connectivity index (χ0) is 37.4. The summed E-state index contributed by atoms with van der Waals surface area (Å²) in [5, 5.41) is 19.4. The number of carbonyl (C=O) groups excluding carboxylic acids is 2. The molecular weight excluding hydrogens is 700 g/mol. The van der Waals surface area contributed by atoms with Crippen molar-refractivity contribution >= 4 is 40.1 Å². The fraction of sp³-hybridized carbons (Fsp3) is 0.381. The fourth-order valence-electron chi connectivity index (χ4n) is 7.35. The molecule has 5 aromatic rings. The fourth-order valence-corrected chi connectivity index (χ4v) is 7.61. The summed E-state index contributed by atoms with van der Waals surface area (Å²) in [6.45, 7) is 11.8. The maximum Gasteiger partial charge on any atom is 0.251 e. The summed E-state index contributed by atoms with van der Waals surface area (Å²) in [6, 6.07) is 21.5. The number of fused-ring (bicyclic) bond motifs is 1. The molecule has 4 N–H and O–H groups in total. The number of rotatable bonds is 13. The normalized spacial score (nSPS) is 15.3. The summed E-state index contributed by atoms with van der Waals surface area (Å²) in [5.74, 6) is -0.547. The highest BCUT2D eigenvalue weighted by Crippen LogP contribution is 2.31. The van der Waals surface area contributed by atoms with Crippen molar-refractivity contribution in [2.24, 2.45) is 0 Å². The Morgan fingerprint density at radius 2 is 1.61 bits per heavy atom. The summed E-state index contributed by atoms with van der Waals surface area (Å²) in [4.78, 5) is 34.4. The maximum absolute atomic E-state index is 13.6. The number of aromatic nitrogens is 3. The van der Waals surface area contributed by atoms with Crippen LogP contribution in [0.1, 0.15) is 69.8 Å². The van der Waals surface area contributed by atoms with Gasteiger partial charge in [-0.3, -0.25) is 14.5 Å². The van der Waals surface area contributed by atoms with E-state index in [1.807, 2.05) is 23.0 Å². The van der Waals surface area contributed by atoms with E-state index in [0.29, 0.717) is 42.3 Å². The van der Waals surface area contributed by atoms with E-state index in [9.17, 15) is 9.59 Å². The summed E-state index contributed by atoms with van der Waals surface area (Å²) in [7, 11) is 0. The minimum atomic E-state index is -0.275. The van der Waals surface area contributed by atoms with Crippen LogP contribution >= 0.6 is 11.6 Å². The van der Waals surface area contributed by atoms with E-state index < -0.39 is 0 Å².